The molecule has 8 heteroatoms. The van der Waals surface area contributed by atoms with Gasteiger partial charge in [0.25, 0.3) is 5.69 Å². The molecule has 0 saturated carbocycles. The molecule has 19 heavy (non-hydrogen) atoms. The van der Waals surface area contributed by atoms with Crippen molar-refractivity contribution in [2.24, 2.45) is 0 Å². The van der Waals surface area contributed by atoms with Crippen LogP contribution in [0.5, 0.6) is 5.75 Å². The maximum Gasteiger partial charge on any atom is 0.339 e. The van der Waals surface area contributed by atoms with E-state index in [0.717, 1.165) is 12.1 Å². The van der Waals surface area contributed by atoms with Crippen LogP contribution in [0.25, 0.3) is 0 Å². The molecule has 0 aliphatic carbocycles. The van der Waals surface area contributed by atoms with Crippen molar-refractivity contribution in [2.75, 3.05) is 13.7 Å². The van der Waals surface area contributed by atoms with Gasteiger partial charge in [-0.1, -0.05) is 11.6 Å². The summed E-state index contributed by atoms with van der Waals surface area (Å²) in [5, 5.41) is 19.6. The minimum Gasteiger partial charge on any atom is -0.486 e. The number of halogens is 1. The summed E-state index contributed by atoms with van der Waals surface area (Å²) in [6.07, 6.45) is -0.443. The first kappa shape index (κ1) is 15.2. The molecule has 1 rings (SSSR count). The maximum absolute atomic E-state index is 11.1. The van der Waals surface area contributed by atoms with Gasteiger partial charge in [0.2, 0.25) is 0 Å². The van der Waals surface area contributed by atoms with Crippen LogP contribution in [-0.4, -0.2) is 35.8 Å². The normalized spacial score (nSPS) is 11.9. The van der Waals surface area contributed by atoms with Crippen molar-refractivity contribution in [3.05, 3.63) is 32.8 Å². The molecular formula is C11H12ClNO6. The standard InChI is InChI=1S/C11H12ClNO6/c1-6(5-18-2)19-10-8(11(14)15)3-7(13(16)17)4-9(10)12/h3-4,6H,5H2,1-2H3,(H,14,15). The summed E-state index contributed by atoms with van der Waals surface area (Å²) in [7, 11) is 1.47. The number of ether oxygens (including phenoxy) is 2. The van der Waals surface area contributed by atoms with Crippen molar-refractivity contribution in [1.82, 2.24) is 0 Å². The summed E-state index contributed by atoms with van der Waals surface area (Å²) >= 11 is 5.83. The van der Waals surface area contributed by atoms with Crippen LogP contribution in [-0.2, 0) is 4.74 Å². The zero-order chi connectivity index (χ0) is 14.6. The van der Waals surface area contributed by atoms with E-state index >= 15 is 0 Å². The molecule has 1 unspecified atom stereocenters. The highest BCUT2D eigenvalue weighted by Gasteiger charge is 2.22. The molecule has 0 saturated heterocycles. The summed E-state index contributed by atoms with van der Waals surface area (Å²) < 4.78 is 10.2. The Morgan fingerprint density at radius 2 is 2.21 bits per heavy atom. The van der Waals surface area contributed by atoms with E-state index in [9.17, 15) is 14.9 Å². The monoisotopic (exact) mass is 289 g/mol. The lowest BCUT2D eigenvalue weighted by Crippen LogP contribution is -2.19. The number of carboxylic acids is 1. The minimum atomic E-state index is -1.36. The van der Waals surface area contributed by atoms with Crippen LogP contribution in [0.15, 0.2) is 12.1 Å². The van der Waals surface area contributed by atoms with E-state index in [0.29, 0.717) is 0 Å². The molecule has 1 aromatic carbocycles. The molecule has 0 spiro atoms. The van der Waals surface area contributed by atoms with Crippen molar-refractivity contribution in [3.8, 4) is 5.75 Å². The van der Waals surface area contributed by atoms with Gasteiger partial charge in [0.15, 0.2) is 5.75 Å². The van der Waals surface area contributed by atoms with Gasteiger partial charge in [0.05, 0.1) is 16.6 Å². The van der Waals surface area contributed by atoms with Crippen LogP contribution >= 0.6 is 11.6 Å². The smallest absolute Gasteiger partial charge is 0.339 e. The second-order valence-corrected chi connectivity index (χ2v) is 4.16. The zero-order valence-corrected chi connectivity index (χ0v) is 11.0. The first-order valence-corrected chi connectivity index (χ1v) is 5.61. The number of carbonyl (C=O) groups is 1. The second kappa shape index (κ2) is 6.35. The molecule has 0 aliphatic heterocycles. The maximum atomic E-state index is 11.1. The molecule has 1 atom stereocenters. The number of methoxy groups -OCH3 is 1. The first-order chi connectivity index (χ1) is 8.86. The van der Waals surface area contributed by atoms with E-state index in [-0.39, 0.29) is 22.9 Å². The van der Waals surface area contributed by atoms with E-state index in [1.165, 1.54) is 7.11 Å². The number of nitro benzene ring substituents is 1. The van der Waals surface area contributed by atoms with Gasteiger partial charge in [-0.05, 0) is 6.92 Å². The lowest BCUT2D eigenvalue weighted by Gasteiger charge is -2.16. The lowest BCUT2D eigenvalue weighted by molar-refractivity contribution is -0.384. The highest BCUT2D eigenvalue weighted by molar-refractivity contribution is 6.32. The molecule has 1 aromatic rings. The van der Waals surface area contributed by atoms with Crippen LogP contribution in [0.1, 0.15) is 17.3 Å². The van der Waals surface area contributed by atoms with Crippen molar-refractivity contribution in [2.45, 2.75) is 13.0 Å². The van der Waals surface area contributed by atoms with Gasteiger partial charge in [0.1, 0.15) is 11.7 Å². The highest BCUT2D eigenvalue weighted by Crippen LogP contribution is 2.34. The molecule has 104 valence electrons. The Bertz CT molecular complexity index is 504. The highest BCUT2D eigenvalue weighted by atomic mass is 35.5. The zero-order valence-electron chi connectivity index (χ0n) is 10.3. The number of hydrogen-bond acceptors (Lipinski definition) is 5. The topological polar surface area (TPSA) is 98.9 Å². The third-order valence-corrected chi connectivity index (χ3v) is 2.47. The molecule has 0 radical (unpaired) electrons. The fourth-order valence-electron chi connectivity index (χ4n) is 1.43. The molecule has 0 aliphatic rings. The van der Waals surface area contributed by atoms with Crippen LogP contribution in [0, 0.1) is 10.1 Å². The molecule has 0 heterocycles. The number of hydrogen-bond donors (Lipinski definition) is 1. The Morgan fingerprint density at radius 1 is 1.58 bits per heavy atom. The van der Waals surface area contributed by atoms with Crippen LogP contribution < -0.4 is 4.74 Å². The van der Waals surface area contributed by atoms with Crippen molar-refractivity contribution in [3.63, 3.8) is 0 Å². The molecule has 0 fully saturated rings. The quantitative estimate of drug-likeness (QED) is 0.637. The van der Waals surface area contributed by atoms with E-state index in [1.54, 1.807) is 6.92 Å². The Balaban J connectivity index is 3.22. The Kier molecular flexibility index (Phi) is 5.08. The predicted molar refractivity (Wildman–Crippen MR) is 67.0 cm³/mol. The number of benzene rings is 1. The lowest BCUT2D eigenvalue weighted by atomic mass is 10.1. The average molecular weight is 290 g/mol. The van der Waals surface area contributed by atoms with Gasteiger partial charge in [-0.3, -0.25) is 10.1 Å². The fraction of sp³-hybridized carbons (Fsp3) is 0.364. The van der Waals surface area contributed by atoms with Crippen LogP contribution in [0.2, 0.25) is 5.02 Å². The van der Waals surface area contributed by atoms with Gasteiger partial charge < -0.3 is 14.6 Å². The third kappa shape index (κ3) is 3.80. The molecule has 0 aromatic heterocycles. The van der Waals surface area contributed by atoms with Crippen LogP contribution in [0.4, 0.5) is 5.69 Å². The third-order valence-electron chi connectivity index (χ3n) is 2.19. The fourth-order valence-corrected chi connectivity index (χ4v) is 1.69. The summed E-state index contributed by atoms with van der Waals surface area (Å²) in [6, 6.07) is 1.95. The van der Waals surface area contributed by atoms with Crippen molar-refractivity contribution < 1.29 is 24.3 Å². The number of rotatable bonds is 6. The van der Waals surface area contributed by atoms with Gasteiger partial charge in [-0.2, -0.15) is 0 Å². The number of nitro groups is 1. The number of carboxylic acid groups (broad SMARTS) is 1. The number of non-ortho nitro benzene ring substituents is 1. The largest absolute Gasteiger partial charge is 0.486 e. The predicted octanol–water partition coefficient (Wildman–Crippen LogP) is 2.36. The second-order valence-electron chi connectivity index (χ2n) is 3.75. The van der Waals surface area contributed by atoms with E-state index in [4.69, 9.17) is 26.2 Å². The van der Waals surface area contributed by atoms with Crippen molar-refractivity contribution in [1.29, 1.82) is 0 Å². The van der Waals surface area contributed by atoms with Gasteiger partial charge in [0, 0.05) is 19.2 Å². The Hall–Kier alpha value is -1.86. The number of nitrogens with zero attached hydrogens (tertiary/aromatic N) is 1. The first-order valence-electron chi connectivity index (χ1n) is 5.23. The summed E-state index contributed by atoms with van der Waals surface area (Å²) in [6.45, 7) is 1.89. The summed E-state index contributed by atoms with van der Waals surface area (Å²) in [5.41, 5.74) is -0.767. The summed E-state index contributed by atoms with van der Waals surface area (Å²) in [5.74, 6) is -1.46. The van der Waals surface area contributed by atoms with Gasteiger partial charge in [-0.25, -0.2) is 4.79 Å². The van der Waals surface area contributed by atoms with E-state index < -0.39 is 22.7 Å². The number of aromatic carboxylic acids is 1. The van der Waals surface area contributed by atoms with Crippen LogP contribution in [0.3, 0.4) is 0 Å². The Labute approximate surface area is 113 Å². The van der Waals surface area contributed by atoms with Crippen molar-refractivity contribution >= 4 is 23.3 Å². The molecular weight excluding hydrogens is 278 g/mol. The Morgan fingerprint density at radius 3 is 2.68 bits per heavy atom. The van der Waals surface area contributed by atoms with E-state index in [1.807, 2.05) is 0 Å². The SMILES string of the molecule is COCC(C)Oc1c(Cl)cc([N+](=O)[O-])cc1C(=O)O. The molecule has 7 nitrogen and oxygen atoms in total. The molecule has 0 amide bonds. The molecule has 1 N–H and O–H groups in total. The minimum absolute atomic E-state index is 0.107. The summed E-state index contributed by atoms with van der Waals surface area (Å²) in [4.78, 5) is 21.0. The average Bonchev–Trinajstić information content (AvgIpc) is 2.31. The van der Waals surface area contributed by atoms with E-state index in [2.05, 4.69) is 0 Å². The van der Waals surface area contributed by atoms with Gasteiger partial charge >= 0.3 is 5.97 Å². The molecule has 0 bridgehead atoms. The van der Waals surface area contributed by atoms with Gasteiger partial charge in [-0.15, -0.1) is 0 Å².